The molecule has 5 aromatic rings. The Morgan fingerprint density at radius 3 is 2.56 bits per heavy atom. The Morgan fingerprint density at radius 2 is 1.80 bits per heavy atom. The van der Waals surface area contributed by atoms with Crippen LogP contribution in [0.2, 0.25) is 0 Å². The van der Waals surface area contributed by atoms with Crippen LogP contribution in [-0.4, -0.2) is 105 Å². The molecule has 1 saturated heterocycles. The van der Waals surface area contributed by atoms with Gasteiger partial charge in [0.15, 0.2) is 23.0 Å². The molecule has 2 fully saturated rings. The average Bonchev–Trinajstić information content (AvgIpc) is 3.64. The van der Waals surface area contributed by atoms with E-state index < -0.39 is 23.0 Å². The van der Waals surface area contributed by atoms with Crippen molar-refractivity contribution in [3.63, 3.8) is 0 Å². The first kappa shape index (κ1) is 41.3. The van der Waals surface area contributed by atoms with Crippen LogP contribution in [0.5, 0.6) is 28.7 Å². The third kappa shape index (κ3) is 7.72. The number of nitrogens with one attached hydrogen (secondary N) is 2. The number of carbonyl (C=O) groups is 3. The number of pyridine rings is 1. The lowest BCUT2D eigenvalue weighted by Crippen LogP contribution is -2.55. The third-order valence-corrected chi connectivity index (χ3v) is 12.9. The van der Waals surface area contributed by atoms with Gasteiger partial charge in [-0.25, -0.2) is 15.0 Å². The summed E-state index contributed by atoms with van der Waals surface area (Å²) >= 11 is 0. The Hall–Kier alpha value is -6.71. The van der Waals surface area contributed by atoms with Gasteiger partial charge in [0.2, 0.25) is 18.6 Å². The van der Waals surface area contributed by atoms with Gasteiger partial charge >= 0.3 is 0 Å². The van der Waals surface area contributed by atoms with Crippen LogP contribution in [0.3, 0.4) is 0 Å². The van der Waals surface area contributed by atoms with E-state index >= 15 is 0 Å². The molecule has 7 heterocycles. The summed E-state index contributed by atoms with van der Waals surface area (Å²) in [6, 6.07) is 10.1. The maximum Gasteiger partial charge on any atom is 0.255 e. The van der Waals surface area contributed by atoms with Crippen molar-refractivity contribution in [3.8, 4) is 40.0 Å². The van der Waals surface area contributed by atoms with Crippen molar-refractivity contribution in [1.29, 1.82) is 0 Å². The van der Waals surface area contributed by atoms with Crippen LogP contribution in [0.15, 0.2) is 66.4 Å². The van der Waals surface area contributed by atoms with Crippen molar-refractivity contribution < 1.29 is 38.1 Å². The summed E-state index contributed by atoms with van der Waals surface area (Å²) in [6.07, 6.45) is 11.0. The topological polar surface area (TPSA) is 183 Å². The van der Waals surface area contributed by atoms with E-state index in [9.17, 15) is 14.4 Å². The van der Waals surface area contributed by atoms with Crippen LogP contribution < -0.4 is 29.0 Å². The van der Waals surface area contributed by atoms with Crippen LogP contribution in [0.25, 0.3) is 22.3 Å². The number of carbonyl (C=O) groups excluding carboxylic acids is 3. The van der Waals surface area contributed by atoms with Crippen LogP contribution in [-0.2, 0) is 22.4 Å². The number of ether oxygens (including phenoxy) is 5. The van der Waals surface area contributed by atoms with E-state index in [4.69, 9.17) is 28.8 Å². The fourth-order valence-corrected chi connectivity index (χ4v) is 9.31. The first-order valence-corrected chi connectivity index (χ1v) is 22.0. The second-order valence-electron chi connectivity index (χ2n) is 18.6. The highest BCUT2D eigenvalue weighted by molar-refractivity contribution is 6.10. The molecule has 2 N–H and O–H groups in total. The number of rotatable bonds is 12. The van der Waals surface area contributed by atoms with Gasteiger partial charge in [0.25, 0.3) is 5.91 Å². The molecule has 16 heteroatoms. The molecule has 2 aromatic carbocycles. The first-order chi connectivity index (χ1) is 30.9. The molecule has 10 rings (SSSR count). The average molecular weight is 869 g/mol. The van der Waals surface area contributed by atoms with E-state index in [1.165, 1.54) is 6.33 Å². The lowest BCUT2D eigenvalue weighted by Gasteiger charge is -2.42. The van der Waals surface area contributed by atoms with Gasteiger partial charge in [-0.1, -0.05) is 19.9 Å². The van der Waals surface area contributed by atoms with Crippen molar-refractivity contribution in [1.82, 2.24) is 35.2 Å². The lowest BCUT2D eigenvalue weighted by molar-refractivity contribution is -0.145. The Labute approximate surface area is 370 Å². The number of methoxy groups -OCH3 is 1. The number of fused-ring (bicyclic) bond motifs is 3. The minimum Gasteiger partial charge on any atom is -0.493 e. The summed E-state index contributed by atoms with van der Waals surface area (Å²) in [4.78, 5) is 61.4. The summed E-state index contributed by atoms with van der Waals surface area (Å²) < 4.78 is 29.9. The molecule has 5 aliphatic rings. The van der Waals surface area contributed by atoms with Crippen molar-refractivity contribution >= 4 is 34.5 Å². The van der Waals surface area contributed by atoms with Gasteiger partial charge in [-0.05, 0) is 81.3 Å². The van der Waals surface area contributed by atoms with Gasteiger partial charge in [-0.3, -0.25) is 19.4 Å². The monoisotopic (exact) mass is 868 g/mol. The van der Waals surface area contributed by atoms with Gasteiger partial charge in [-0.2, -0.15) is 5.10 Å². The number of benzene rings is 2. The highest BCUT2D eigenvalue weighted by atomic mass is 16.7. The molecule has 4 aliphatic heterocycles. The van der Waals surface area contributed by atoms with Gasteiger partial charge in [0, 0.05) is 62.1 Å². The Morgan fingerprint density at radius 1 is 0.984 bits per heavy atom. The quantitative estimate of drug-likeness (QED) is 0.145. The van der Waals surface area contributed by atoms with E-state index in [0.29, 0.717) is 96.6 Å². The van der Waals surface area contributed by atoms with Crippen LogP contribution in [0.1, 0.15) is 86.8 Å². The fraction of sp³-hybridized carbons (Fsp3) is 0.438. The number of nitrogens with zero attached hydrogens (tertiary/aromatic N) is 6. The molecule has 16 nitrogen and oxygen atoms in total. The molecule has 1 atom stereocenters. The SMILES string of the molecule is COc1ccc(C2=NN(C3CCN(C(=O)[C@H](Cc4cccnc4)NC(=O)c4c[nH]c5c(-c6c(OCC7CC7)ccc7c6OCO7)ncnc45)CC3)C(=O)C(C)(C)C2)c2c1OC(C)(C)C2. The van der Waals surface area contributed by atoms with Crippen LogP contribution in [0, 0.1) is 11.3 Å². The summed E-state index contributed by atoms with van der Waals surface area (Å²) in [7, 11) is 1.64. The second-order valence-corrected chi connectivity index (χ2v) is 18.6. The lowest BCUT2D eigenvalue weighted by atomic mass is 9.80. The van der Waals surface area contributed by atoms with Crippen molar-refractivity contribution in [2.75, 3.05) is 33.6 Å². The molecule has 0 unspecified atom stereocenters. The Kier molecular flexibility index (Phi) is 10.4. The van der Waals surface area contributed by atoms with E-state index in [1.807, 2.05) is 44.2 Å². The largest absolute Gasteiger partial charge is 0.493 e. The van der Waals surface area contributed by atoms with Gasteiger partial charge in [-0.15, -0.1) is 0 Å². The predicted molar refractivity (Wildman–Crippen MR) is 236 cm³/mol. The van der Waals surface area contributed by atoms with E-state index in [-0.39, 0.29) is 36.6 Å². The zero-order valence-electron chi connectivity index (χ0n) is 36.7. The number of amides is 3. The molecule has 332 valence electrons. The van der Waals surface area contributed by atoms with Crippen LogP contribution in [0.4, 0.5) is 0 Å². The minimum absolute atomic E-state index is 0.0466. The molecule has 64 heavy (non-hydrogen) atoms. The first-order valence-electron chi connectivity index (χ1n) is 22.0. The van der Waals surface area contributed by atoms with E-state index in [1.54, 1.807) is 41.7 Å². The maximum absolute atomic E-state index is 14.6. The number of H-pyrrole nitrogens is 1. The molecule has 0 spiro atoms. The number of hydrazone groups is 1. The summed E-state index contributed by atoms with van der Waals surface area (Å²) in [5.41, 5.74) is 4.77. The van der Waals surface area contributed by atoms with Crippen molar-refractivity contribution in [3.05, 3.63) is 83.6 Å². The summed E-state index contributed by atoms with van der Waals surface area (Å²) in [5.74, 6) is 2.85. The van der Waals surface area contributed by atoms with Crippen molar-refractivity contribution in [2.45, 2.75) is 90.3 Å². The highest BCUT2D eigenvalue weighted by Gasteiger charge is 2.44. The van der Waals surface area contributed by atoms with Crippen LogP contribution >= 0.6 is 0 Å². The van der Waals surface area contributed by atoms with Gasteiger partial charge < -0.3 is 38.9 Å². The Balaban J connectivity index is 0.888. The number of piperidine rings is 1. The van der Waals surface area contributed by atoms with Crippen molar-refractivity contribution in [2.24, 2.45) is 16.4 Å². The third-order valence-electron chi connectivity index (χ3n) is 12.9. The van der Waals surface area contributed by atoms with E-state index in [0.717, 1.165) is 41.0 Å². The number of aromatic amines is 1. The normalized spacial score (nSPS) is 19.2. The molecular formula is C48H52N8O8. The zero-order chi connectivity index (χ0) is 44.3. The summed E-state index contributed by atoms with van der Waals surface area (Å²) in [5, 5.41) is 9.76. The number of hydrogen-bond acceptors (Lipinski definition) is 12. The number of likely N-dealkylation sites (tertiary alicyclic amines) is 1. The van der Waals surface area contributed by atoms with Gasteiger partial charge in [0.1, 0.15) is 34.9 Å². The molecule has 1 aliphatic carbocycles. The molecule has 0 radical (unpaired) electrons. The molecule has 0 bridgehead atoms. The summed E-state index contributed by atoms with van der Waals surface area (Å²) in [6.45, 7) is 9.42. The molecular weight excluding hydrogens is 817 g/mol. The zero-order valence-corrected chi connectivity index (χ0v) is 36.7. The van der Waals surface area contributed by atoms with Gasteiger partial charge in [0.05, 0.1) is 47.5 Å². The fourth-order valence-electron chi connectivity index (χ4n) is 9.31. The molecule has 3 amide bonds. The number of hydrogen-bond donors (Lipinski definition) is 2. The molecule has 1 saturated carbocycles. The predicted octanol–water partition coefficient (Wildman–Crippen LogP) is 6.25. The number of aromatic nitrogens is 4. The Bertz CT molecular complexity index is 2680. The molecule has 3 aromatic heterocycles. The maximum atomic E-state index is 14.6. The smallest absolute Gasteiger partial charge is 0.255 e. The standard InChI is InChI=1S/C48H52N8O8/c1-47(2)21-34(30-10-11-36(60-5)42-31(30)20-48(3,4)64-42)54-56(46(47)59)29-14-17-55(18-15-29)45(58)33(19-28-7-6-16-49-22-28)53-44(57)32-23-50-41-39(32)51-25-52-40(41)38-35(61-24-27-8-9-27)12-13-37-43(38)63-26-62-37/h6-7,10-13,16,22-23,25,27,29,33,50H,8-9,14-15,17-21,24,26H2,1-5H3,(H,53,57)/t33-/m0/s1. The minimum atomic E-state index is -0.923. The highest BCUT2D eigenvalue weighted by Crippen LogP contribution is 2.49. The second kappa shape index (κ2) is 16.1. The van der Waals surface area contributed by atoms with E-state index in [2.05, 4.69) is 39.1 Å².